The maximum atomic E-state index is 12.9. The van der Waals surface area contributed by atoms with Gasteiger partial charge in [0.05, 0.1) is 15.5 Å². The molecule has 140 valence electrons. The second-order valence-corrected chi connectivity index (χ2v) is 9.06. The fraction of sp³-hybridized carbons (Fsp3) is 0.632. The van der Waals surface area contributed by atoms with Crippen molar-refractivity contribution in [2.45, 2.75) is 51.6 Å². The Kier molecular flexibility index (Phi) is 4.64. The number of carbonyl (C=O) groups excluding carboxylic acids is 2. The number of halogens is 2. The molecule has 0 radical (unpaired) electrons. The molecule has 4 aliphatic carbocycles. The highest BCUT2D eigenvalue weighted by Crippen LogP contribution is 2.60. The van der Waals surface area contributed by atoms with Crippen LogP contribution < -0.4 is 5.32 Å². The van der Waals surface area contributed by atoms with E-state index in [9.17, 15) is 9.59 Å². The van der Waals surface area contributed by atoms with Gasteiger partial charge in [-0.25, -0.2) is 4.98 Å². The lowest BCUT2D eigenvalue weighted by atomic mass is 9.49. The Hall–Kier alpha value is -1.33. The number of ether oxygens (including phenoxy) is 1. The standard InChI is InChI=1S/C19H22Cl2N2O3/c1-10(17(24)23-16-15(21)5-14(20)9-22-16)26-18(25)19-6-11-2-12(7-19)4-13(3-11)8-19/h5,9-13H,2-4,6-8H2,1H3,(H,22,23,24)/t10-,11?,12?,13?,19?/m0/s1. The largest absolute Gasteiger partial charge is 0.452 e. The summed E-state index contributed by atoms with van der Waals surface area (Å²) in [7, 11) is 0. The van der Waals surface area contributed by atoms with Crippen LogP contribution in [0, 0.1) is 23.2 Å². The summed E-state index contributed by atoms with van der Waals surface area (Å²) in [4.78, 5) is 29.3. The highest BCUT2D eigenvalue weighted by molar-refractivity contribution is 6.36. The summed E-state index contributed by atoms with van der Waals surface area (Å²) in [5, 5.41) is 3.22. The van der Waals surface area contributed by atoms with Crippen molar-refractivity contribution in [1.29, 1.82) is 0 Å². The van der Waals surface area contributed by atoms with Crippen molar-refractivity contribution in [3.05, 3.63) is 22.3 Å². The Morgan fingerprint density at radius 2 is 1.77 bits per heavy atom. The molecule has 0 spiro atoms. The number of rotatable bonds is 4. The van der Waals surface area contributed by atoms with E-state index in [2.05, 4.69) is 10.3 Å². The average molecular weight is 397 g/mol. The van der Waals surface area contributed by atoms with E-state index in [-0.39, 0.29) is 22.2 Å². The number of pyridine rings is 1. The number of hydrogen-bond donors (Lipinski definition) is 1. The van der Waals surface area contributed by atoms with Gasteiger partial charge in [-0.3, -0.25) is 9.59 Å². The van der Waals surface area contributed by atoms with Crippen molar-refractivity contribution in [2.75, 3.05) is 5.32 Å². The number of hydrogen-bond acceptors (Lipinski definition) is 4. The molecule has 4 saturated carbocycles. The van der Waals surface area contributed by atoms with E-state index in [0.717, 1.165) is 19.3 Å². The number of nitrogens with one attached hydrogen (secondary N) is 1. The minimum Gasteiger partial charge on any atom is -0.452 e. The molecule has 1 aromatic heterocycles. The van der Waals surface area contributed by atoms with Gasteiger partial charge < -0.3 is 10.1 Å². The maximum Gasteiger partial charge on any atom is 0.312 e. The van der Waals surface area contributed by atoms with Gasteiger partial charge in [0.25, 0.3) is 5.91 Å². The summed E-state index contributed by atoms with van der Waals surface area (Å²) in [6, 6.07) is 1.50. The van der Waals surface area contributed by atoms with Gasteiger partial charge in [0, 0.05) is 6.20 Å². The molecule has 0 aromatic carbocycles. The zero-order chi connectivity index (χ0) is 18.5. The third-order valence-electron chi connectivity index (χ3n) is 6.17. The van der Waals surface area contributed by atoms with Gasteiger partial charge in [0.2, 0.25) is 0 Å². The predicted octanol–water partition coefficient (Wildman–Crippen LogP) is 4.48. The van der Waals surface area contributed by atoms with Crippen molar-refractivity contribution in [3.63, 3.8) is 0 Å². The van der Waals surface area contributed by atoms with Crippen molar-refractivity contribution < 1.29 is 14.3 Å². The summed E-state index contributed by atoms with van der Waals surface area (Å²) in [5.74, 6) is 1.49. The molecule has 0 unspecified atom stereocenters. The number of nitrogens with zero attached hydrogens (tertiary/aromatic N) is 1. The zero-order valence-corrected chi connectivity index (χ0v) is 16.1. The molecule has 7 heteroatoms. The lowest BCUT2D eigenvalue weighted by Crippen LogP contribution is -2.51. The third-order valence-corrected chi connectivity index (χ3v) is 6.67. The van der Waals surface area contributed by atoms with Gasteiger partial charge in [-0.2, -0.15) is 0 Å². The number of amides is 1. The van der Waals surface area contributed by atoms with E-state index >= 15 is 0 Å². The Bertz CT molecular complexity index is 717. The number of carbonyl (C=O) groups is 2. The molecule has 1 N–H and O–H groups in total. The summed E-state index contributed by atoms with van der Waals surface area (Å²) >= 11 is 11.8. The first kappa shape index (κ1) is 18.1. The van der Waals surface area contributed by atoms with E-state index < -0.39 is 12.0 Å². The molecule has 26 heavy (non-hydrogen) atoms. The summed E-state index contributed by atoms with van der Waals surface area (Å²) in [6.45, 7) is 1.58. The molecule has 1 aromatic rings. The average Bonchev–Trinajstić information content (AvgIpc) is 2.56. The van der Waals surface area contributed by atoms with Crippen LogP contribution in [0.1, 0.15) is 45.4 Å². The minimum atomic E-state index is -0.899. The van der Waals surface area contributed by atoms with E-state index in [0.29, 0.717) is 22.8 Å². The summed E-state index contributed by atoms with van der Waals surface area (Å²) < 4.78 is 5.58. The molecule has 4 aliphatic rings. The first-order valence-corrected chi connectivity index (χ1v) is 9.93. The molecule has 0 saturated heterocycles. The molecule has 4 fully saturated rings. The minimum absolute atomic E-state index is 0.207. The Morgan fingerprint density at radius 3 is 2.31 bits per heavy atom. The zero-order valence-electron chi connectivity index (χ0n) is 14.6. The van der Waals surface area contributed by atoms with Gasteiger partial charge in [-0.15, -0.1) is 0 Å². The number of anilines is 1. The Balaban J connectivity index is 1.40. The molecular formula is C19H22Cl2N2O3. The van der Waals surface area contributed by atoms with E-state index in [1.165, 1.54) is 31.5 Å². The number of aromatic nitrogens is 1. The fourth-order valence-corrected chi connectivity index (χ4v) is 5.85. The van der Waals surface area contributed by atoms with E-state index in [4.69, 9.17) is 27.9 Å². The monoisotopic (exact) mass is 396 g/mol. The predicted molar refractivity (Wildman–Crippen MR) is 99.0 cm³/mol. The maximum absolute atomic E-state index is 12.9. The highest BCUT2D eigenvalue weighted by Gasteiger charge is 2.55. The van der Waals surface area contributed by atoms with Crippen LogP contribution in [-0.2, 0) is 14.3 Å². The van der Waals surface area contributed by atoms with Crippen molar-refractivity contribution in [1.82, 2.24) is 4.98 Å². The SMILES string of the molecule is C[C@H](OC(=O)C12CC3CC(CC(C3)C1)C2)C(=O)Nc1ncc(Cl)cc1Cl. The van der Waals surface area contributed by atoms with Crippen molar-refractivity contribution >= 4 is 40.9 Å². The van der Waals surface area contributed by atoms with Gasteiger partial charge >= 0.3 is 5.97 Å². The molecule has 1 atom stereocenters. The van der Waals surface area contributed by atoms with Crippen LogP contribution in [0.2, 0.25) is 10.0 Å². The molecule has 5 nitrogen and oxygen atoms in total. The van der Waals surface area contributed by atoms with Crippen LogP contribution in [0.5, 0.6) is 0 Å². The van der Waals surface area contributed by atoms with Crippen LogP contribution in [0.3, 0.4) is 0 Å². The molecule has 1 amide bonds. The van der Waals surface area contributed by atoms with Crippen LogP contribution in [0.4, 0.5) is 5.82 Å². The van der Waals surface area contributed by atoms with E-state index in [1.807, 2.05) is 0 Å². The topological polar surface area (TPSA) is 68.3 Å². The molecule has 0 aliphatic heterocycles. The normalized spacial score (nSPS) is 33.0. The van der Waals surface area contributed by atoms with Crippen LogP contribution in [0.25, 0.3) is 0 Å². The lowest BCUT2D eigenvalue weighted by molar-refractivity contribution is -0.177. The Labute approximate surface area is 162 Å². The first-order valence-electron chi connectivity index (χ1n) is 9.17. The molecule has 1 heterocycles. The van der Waals surface area contributed by atoms with Gasteiger partial charge in [0.1, 0.15) is 0 Å². The fourth-order valence-electron chi connectivity index (χ4n) is 5.42. The quantitative estimate of drug-likeness (QED) is 0.761. The second kappa shape index (κ2) is 6.68. The lowest BCUT2D eigenvalue weighted by Gasteiger charge is -2.55. The van der Waals surface area contributed by atoms with Crippen molar-refractivity contribution in [3.8, 4) is 0 Å². The van der Waals surface area contributed by atoms with Crippen molar-refractivity contribution in [2.24, 2.45) is 23.2 Å². The second-order valence-electron chi connectivity index (χ2n) is 8.22. The molecular weight excluding hydrogens is 375 g/mol. The third kappa shape index (κ3) is 3.31. The summed E-state index contributed by atoms with van der Waals surface area (Å²) in [6.07, 6.45) is 7.00. The van der Waals surface area contributed by atoms with Gasteiger partial charge in [-0.05, 0) is 69.3 Å². The summed E-state index contributed by atoms with van der Waals surface area (Å²) in [5.41, 5.74) is -0.376. The van der Waals surface area contributed by atoms with Crippen LogP contribution >= 0.6 is 23.2 Å². The Morgan fingerprint density at radius 1 is 1.19 bits per heavy atom. The van der Waals surface area contributed by atoms with Crippen LogP contribution in [-0.4, -0.2) is 23.0 Å². The molecule has 5 rings (SSSR count). The van der Waals surface area contributed by atoms with Gasteiger partial charge in [0.15, 0.2) is 11.9 Å². The van der Waals surface area contributed by atoms with Crippen LogP contribution in [0.15, 0.2) is 12.3 Å². The first-order chi connectivity index (χ1) is 12.3. The van der Waals surface area contributed by atoms with E-state index in [1.54, 1.807) is 6.92 Å². The molecule has 4 bridgehead atoms. The highest BCUT2D eigenvalue weighted by atomic mass is 35.5. The number of esters is 1. The smallest absolute Gasteiger partial charge is 0.312 e. The van der Waals surface area contributed by atoms with Gasteiger partial charge in [-0.1, -0.05) is 23.2 Å².